The van der Waals surface area contributed by atoms with E-state index in [2.05, 4.69) is 15.3 Å². The molecule has 0 bridgehead atoms. The minimum absolute atomic E-state index is 0.0210. The fourth-order valence-corrected chi connectivity index (χ4v) is 2.61. The lowest BCUT2D eigenvalue weighted by Gasteiger charge is -2.13. The van der Waals surface area contributed by atoms with Crippen molar-refractivity contribution in [1.82, 2.24) is 9.97 Å². The van der Waals surface area contributed by atoms with Gasteiger partial charge in [0.25, 0.3) is 0 Å². The van der Waals surface area contributed by atoms with Crippen LogP contribution in [0.2, 0.25) is 0 Å². The van der Waals surface area contributed by atoms with Gasteiger partial charge < -0.3 is 19.5 Å². The van der Waals surface area contributed by atoms with Gasteiger partial charge in [0.15, 0.2) is 0 Å². The molecule has 0 fully saturated rings. The largest absolute Gasteiger partial charge is 0.497 e. The van der Waals surface area contributed by atoms with Gasteiger partial charge in [0.2, 0.25) is 5.82 Å². The Morgan fingerprint density at radius 1 is 0.966 bits per heavy atom. The summed E-state index contributed by atoms with van der Waals surface area (Å²) < 4.78 is 16.2. The first-order valence-electron chi connectivity index (χ1n) is 8.66. The zero-order valence-electron chi connectivity index (χ0n) is 16.4. The van der Waals surface area contributed by atoms with Crippen LogP contribution < -0.4 is 19.5 Å². The van der Waals surface area contributed by atoms with Crippen LogP contribution in [-0.2, 0) is 0 Å². The number of nitro groups is 1. The molecule has 150 valence electrons. The lowest BCUT2D eigenvalue weighted by molar-refractivity contribution is -0.385. The van der Waals surface area contributed by atoms with Crippen molar-refractivity contribution in [3.8, 4) is 23.1 Å². The van der Waals surface area contributed by atoms with Crippen molar-refractivity contribution in [2.24, 2.45) is 0 Å². The summed E-state index contributed by atoms with van der Waals surface area (Å²) >= 11 is 0. The zero-order valence-corrected chi connectivity index (χ0v) is 16.4. The van der Waals surface area contributed by atoms with E-state index < -0.39 is 4.92 Å². The number of methoxy groups -OCH3 is 2. The second-order valence-corrected chi connectivity index (χ2v) is 6.17. The quantitative estimate of drug-likeness (QED) is 0.457. The highest BCUT2D eigenvalue weighted by atomic mass is 16.6. The number of nitrogens with zero attached hydrogens (tertiary/aromatic N) is 3. The number of hydrogen-bond acceptors (Lipinski definition) is 8. The molecule has 0 radical (unpaired) electrons. The van der Waals surface area contributed by atoms with Gasteiger partial charge in [-0.05, 0) is 49.2 Å². The molecule has 1 N–H and O–H groups in total. The monoisotopic (exact) mass is 396 g/mol. The number of aryl methyl sites for hydroxylation is 2. The van der Waals surface area contributed by atoms with E-state index in [1.54, 1.807) is 30.3 Å². The Balaban J connectivity index is 1.99. The molecule has 0 unspecified atom stereocenters. The SMILES string of the molecule is COc1ccc(Nc2ncnc(Oc3ccc(C)c(C)c3)c2[N+](=O)[O-])c(OC)c1. The topological polar surface area (TPSA) is 109 Å². The predicted octanol–water partition coefficient (Wildman–Crippen LogP) is 4.55. The summed E-state index contributed by atoms with van der Waals surface area (Å²) in [5, 5.41) is 14.7. The number of rotatable bonds is 7. The number of aromatic nitrogens is 2. The van der Waals surface area contributed by atoms with E-state index in [9.17, 15) is 10.1 Å². The highest BCUT2D eigenvalue weighted by Gasteiger charge is 2.26. The van der Waals surface area contributed by atoms with E-state index in [0.717, 1.165) is 11.1 Å². The van der Waals surface area contributed by atoms with Crippen LogP contribution >= 0.6 is 0 Å². The summed E-state index contributed by atoms with van der Waals surface area (Å²) in [4.78, 5) is 19.1. The molecule has 2 aromatic carbocycles. The zero-order chi connectivity index (χ0) is 21.0. The summed E-state index contributed by atoms with van der Waals surface area (Å²) in [6.45, 7) is 3.90. The summed E-state index contributed by atoms with van der Waals surface area (Å²) in [6.07, 6.45) is 1.20. The molecule has 3 rings (SSSR count). The van der Waals surface area contributed by atoms with E-state index >= 15 is 0 Å². The Labute approximate surface area is 167 Å². The van der Waals surface area contributed by atoms with Gasteiger partial charge >= 0.3 is 11.6 Å². The highest BCUT2D eigenvalue weighted by molar-refractivity contribution is 5.72. The van der Waals surface area contributed by atoms with Gasteiger partial charge in [-0.2, -0.15) is 4.98 Å². The number of benzene rings is 2. The van der Waals surface area contributed by atoms with Crippen molar-refractivity contribution >= 4 is 17.2 Å². The standard InChI is InChI=1S/C20H20N4O5/c1-12-5-6-15(9-13(12)2)29-20-18(24(25)26)19(21-11-22-20)23-16-8-7-14(27-3)10-17(16)28-4/h5-11H,1-4H3,(H,21,22,23). The van der Waals surface area contributed by atoms with Gasteiger partial charge in [-0.15, -0.1) is 0 Å². The number of nitrogens with one attached hydrogen (secondary N) is 1. The van der Waals surface area contributed by atoms with E-state index in [1.807, 2.05) is 19.9 Å². The summed E-state index contributed by atoms with van der Waals surface area (Å²) in [7, 11) is 3.02. The van der Waals surface area contributed by atoms with Gasteiger partial charge in [0.05, 0.1) is 24.8 Å². The lowest BCUT2D eigenvalue weighted by Crippen LogP contribution is -2.04. The maximum atomic E-state index is 11.8. The second kappa shape index (κ2) is 8.42. The molecule has 0 amide bonds. The molecule has 3 aromatic rings. The Hall–Kier alpha value is -3.88. The lowest BCUT2D eigenvalue weighted by atomic mass is 10.1. The maximum Gasteiger partial charge on any atom is 0.373 e. The van der Waals surface area contributed by atoms with Crippen molar-refractivity contribution in [3.05, 3.63) is 64.0 Å². The van der Waals surface area contributed by atoms with Gasteiger partial charge in [-0.3, -0.25) is 10.1 Å². The molecule has 9 nitrogen and oxygen atoms in total. The fourth-order valence-electron chi connectivity index (χ4n) is 2.61. The third kappa shape index (κ3) is 4.34. The number of hydrogen-bond donors (Lipinski definition) is 1. The molecule has 0 saturated heterocycles. The van der Waals surface area contributed by atoms with Crippen LogP contribution in [0.15, 0.2) is 42.7 Å². The first-order chi connectivity index (χ1) is 13.9. The van der Waals surface area contributed by atoms with Crippen molar-refractivity contribution < 1.29 is 19.1 Å². The van der Waals surface area contributed by atoms with Gasteiger partial charge in [0, 0.05) is 6.07 Å². The molecule has 0 atom stereocenters. The minimum Gasteiger partial charge on any atom is -0.497 e. The highest BCUT2D eigenvalue weighted by Crippen LogP contribution is 2.38. The Morgan fingerprint density at radius 2 is 1.72 bits per heavy atom. The van der Waals surface area contributed by atoms with E-state index in [4.69, 9.17) is 14.2 Å². The summed E-state index contributed by atoms with van der Waals surface area (Å²) in [6, 6.07) is 10.4. The molecular weight excluding hydrogens is 376 g/mol. The van der Waals surface area contributed by atoms with Crippen LogP contribution in [-0.4, -0.2) is 29.1 Å². The summed E-state index contributed by atoms with van der Waals surface area (Å²) in [5.74, 6) is 1.29. The molecule has 0 aliphatic carbocycles. The van der Waals surface area contributed by atoms with Crippen LogP contribution in [0.25, 0.3) is 0 Å². The van der Waals surface area contributed by atoms with Crippen molar-refractivity contribution in [3.63, 3.8) is 0 Å². The fraction of sp³-hybridized carbons (Fsp3) is 0.200. The summed E-state index contributed by atoms with van der Waals surface area (Å²) in [5.41, 5.74) is 2.18. The smallest absolute Gasteiger partial charge is 0.373 e. The molecule has 0 aliphatic rings. The average molecular weight is 396 g/mol. The normalized spacial score (nSPS) is 10.3. The first kappa shape index (κ1) is 19.9. The van der Waals surface area contributed by atoms with Gasteiger partial charge in [-0.25, -0.2) is 4.98 Å². The first-order valence-corrected chi connectivity index (χ1v) is 8.66. The second-order valence-electron chi connectivity index (χ2n) is 6.17. The van der Waals surface area contributed by atoms with E-state index in [0.29, 0.717) is 22.9 Å². The van der Waals surface area contributed by atoms with Crippen LogP contribution in [0.4, 0.5) is 17.2 Å². The van der Waals surface area contributed by atoms with E-state index in [-0.39, 0.29) is 17.4 Å². The van der Waals surface area contributed by atoms with Crippen molar-refractivity contribution in [1.29, 1.82) is 0 Å². The predicted molar refractivity (Wildman–Crippen MR) is 108 cm³/mol. The molecule has 0 spiro atoms. The minimum atomic E-state index is -0.589. The van der Waals surface area contributed by atoms with Crippen LogP contribution in [0, 0.1) is 24.0 Å². The Morgan fingerprint density at radius 3 is 2.38 bits per heavy atom. The third-order valence-electron chi connectivity index (χ3n) is 4.33. The average Bonchev–Trinajstić information content (AvgIpc) is 2.71. The third-order valence-corrected chi connectivity index (χ3v) is 4.33. The van der Waals surface area contributed by atoms with Crippen molar-refractivity contribution in [2.45, 2.75) is 13.8 Å². The molecule has 9 heteroatoms. The van der Waals surface area contributed by atoms with Gasteiger partial charge in [0.1, 0.15) is 23.6 Å². The number of ether oxygens (including phenoxy) is 3. The Bertz CT molecular complexity index is 1060. The molecular formula is C20H20N4O5. The molecule has 0 saturated carbocycles. The Kier molecular flexibility index (Phi) is 5.77. The molecule has 1 heterocycles. The van der Waals surface area contributed by atoms with Crippen LogP contribution in [0.1, 0.15) is 11.1 Å². The van der Waals surface area contributed by atoms with E-state index in [1.165, 1.54) is 20.5 Å². The van der Waals surface area contributed by atoms with Crippen LogP contribution in [0.3, 0.4) is 0 Å². The van der Waals surface area contributed by atoms with Crippen molar-refractivity contribution in [2.75, 3.05) is 19.5 Å². The molecule has 1 aromatic heterocycles. The van der Waals surface area contributed by atoms with Gasteiger partial charge in [-0.1, -0.05) is 6.07 Å². The molecule has 29 heavy (non-hydrogen) atoms. The maximum absolute atomic E-state index is 11.8. The van der Waals surface area contributed by atoms with Crippen LogP contribution in [0.5, 0.6) is 23.1 Å². The molecule has 0 aliphatic heterocycles. The number of anilines is 2.